The van der Waals surface area contributed by atoms with Gasteiger partial charge >= 0.3 is 0 Å². The van der Waals surface area contributed by atoms with Crippen LogP contribution >= 0.6 is 0 Å². The van der Waals surface area contributed by atoms with E-state index < -0.39 is 0 Å². The van der Waals surface area contributed by atoms with Crippen molar-refractivity contribution in [1.82, 2.24) is 5.48 Å². The van der Waals surface area contributed by atoms with E-state index >= 15 is 0 Å². The quantitative estimate of drug-likeness (QED) is 0.320. The predicted molar refractivity (Wildman–Crippen MR) is 29.8 cm³/mol. The van der Waals surface area contributed by atoms with E-state index in [1.54, 1.807) is 7.05 Å². The average Bonchev–Trinajstić information content (AvgIpc) is 1.69. The van der Waals surface area contributed by atoms with E-state index in [1.807, 2.05) is 6.08 Å². The van der Waals surface area contributed by atoms with Gasteiger partial charge in [0.15, 0.2) is 0 Å². The van der Waals surface area contributed by atoms with Gasteiger partial charge in [0.1, 0.15) is 0 Å². The van der Waals surface area contributed by atoms with E-state index in [2.05, 4.69) is 12.1 Å². The first kappa shape index (κ1) is 6.66. The predicted octanol–water partition coefficient (Wildman–Crippen LogP) is 0.714. The molecule has 0 aromatic heterocycles. The molecule has 2 heteroatoms. The second kappa shape index (κ2) is 5.66. The second-order valence-corrected chi connectivity index (χ2v) is 1.13. The smallest absolute Gasteiger partial charge is 0.0716 e. The van der Waals surface area contributed by atoms with E-state index in [0.717, 1.165) is 6.42 Å². The van der Waals surface area contributed by atoms with Crippen molar-refractivity contribution in [3.05, 3.63) is 12.7 Å². The summed E-state index contributed by atoms with van der Waals surface area (Å²) >= 11 is 0. The lowest BCUT2D eigenvalue weighted by Gasteiger charge is -1.93. The zero-order chi connectivity index (χ0) is 5.54. The first-order valence-corrected chi connectivity index (χ1v) is 2.31. The van der Waals surface area contributed by atoms with Gasteiger partial charge in [-0.2, -0.15) is 0 Å². The molecule has 0 spiro atoms. The summed E-state index contributed by atoms with van der Waals surface area (Å²) in [5, 5.41) is 0. The van der Waals surface area contributed by atoms with Crippen molar-refractivity contribution in [2.45, 2.75) is 6.42 Å². The molecule has 0 aromatic carbocycles. The fourth-order valence-corrected chi connectivity index (χ4v) is 0.244. The highest BCUT2D eigenvalue weighted by Crippen LogP contribution is 1.76. The molecule has 0 fully saturated rings. The molecule has 0 heterocycles. The molecule has 0 rings (SSSR count). The van der Waals surface area contributed by atoms with Gasteiger partial charge in [0, 0.05) is 7.05 Å². The third-order valence-electron chi connectivity index (χ3n) is 0.568. The van der Waals surface area contributed by atoms with Crippen LogP contribution in [0.5, 0.6) is 0 Å². The van der Waals surface area contributed by atoms with E-state index in [9.17, 15) is 0 Å². The Morgan fingerprint density at radius 1 is 1.86 bits per heavy atom. The molecule has 0 saturated carbocycles. The van der Waals surface area contributed by atoms with Crippen LogP contribution in [0.3, 0.4) is 0 Å². The Labute approximate surface area is 44.1 Å². The van der Waals surface area contributed by atoms with Crippen molar-refractivity contribution < 1.29 is 4.84 Å². The summed E-state index contributed by atoms with van der Waals surface area (Å²) in [5.41, 5.74) is 2.55. The van der Waals surface area contributed by atoms with Gasteiger partial charge in [0.25, 0.3) is 0 Å². The van der Waals surface area contributed by atoms with Crippen molar-refractivity contribution >= 4 is 0 Å². The van der Waals surface area contributed by atoms with E-state index in [0.29, 0.717) is 6.61 Å². The Balaban J connectivity index is 2.56. The van der Waals surface area contributed by atoms with Crippen LogP contribution in [0.25, 0.3) is 0 Å². The van der Waals surface area contributed by atoms with Crippen molar-refractivity contribution in [2.75, 3.05) is 13.7 Å². The molecule has 0 aliphatic rings. The van der Waals surface area contributed by atoms with Crippen molar-refractivity contribution in [2.24, 2.45) is 0 Å². The number of hydrogen-bond acceptors (Lipinski definition) is 2. The summed E-state index contributed by atoms with van der Waals surface area (Å²) in [6.45, 7) is 4.23. The molecule has 0 aliphatic carbocycles. The molecule has 0 amide bonds. The maximum absolute atomic E-state index is 4.75. The molecular formula is C5H11NO. The number of hydroxylamine groups is 1. The molecule has 42 valence electrons. The largest absolute Gasteiger partial charge is 0.302 e. The Kier molecular flexibility index (Phi) is 5.39. The Morgan fingerprint density at radius 2 is 2.57 bits per heavy atom. The molecule has 7 heavy (non-hydrogen) atoms. The maximum atomic E-state index is 4.75. The van der Waals surface area contributed by atoms with Gasteiger partial charge in [0.05, 0.1) is 6.61 Å². The lowest BCUT2D eigenvalue weighted by atomic mass is 10.5. The zero-order valence-electron chi connectivity index (χ0n) is 4.61. The van der Waals surface area contributed by atoms with E-state index in [-0.39, 0.29) is 0 Å². The molecule has 0 saturated heterocycles. The fraction of sp³-hybridized carbons (Fsp3) is 0.600. The minimum Gasteiger partial charge on any atom is -0.302 e. The van der Waals surface area contributed by atoms with Gasteiger partial charge in [-0.05, 0) is 6.42 Å². The van der Waals surface area contributed by atoms with Gasteiger partial charge in [-0.25, -0.2) is 5.48 Å². The summed E-state index contributed by atoms with van der Waals surface area (Å²) in [7, 11) is 1.74. The van der Waals surface area contributed by atoms with Gasteiger partial charge in [0.2, 0.25) is 0 Å². The summed E-state index contributed by atoms with van der Waals surface area (Å²) in [4.78, 5) is 4.75. The van der Waals surface area contributed by atoms with E-state index in [4.69, 9.17) is 4.84 Å². The lowest BCUT2D eigenvalue weighted by molar-refractivity contribution is 0.0616. The van der Waals surface area contributed by atoms with Gasteiger partial charge in [-0.1, -0.05) is 6.08 Å². The van der Waals surface area contributed by atoms with Crippen molar-refractivity contribution in [3.8, 4) is 0 Å². The van der Waals surface area contributed by atoms with Crippen LogP contribution in [0.4, 0.5) is 0 Å². The molecule has 0 atom stereocenters. The maximum Gasteiger partial charge on any atom is 0.0716 e. The average molecular weight is 101 g/mol. The molecule has 1 N–H and O–H groups in total. The van der Waals surface area contributed by atoms with Gasteiger partial charge in [-0.15, -0.1) is 6.58 Å². The number of nitrogens with one attached hydrogen (secondary N) is 1. The van der Waals surface area contributed by atoms with Gasteiger partial charge < -0.3 is 4.84 Å². The standard InChI is InChI=1S/C5H11NO/c1-3-4-5-7-6-2/h3,6H,1,4-5H2,2H3. The number of rotatable bonds is 4. The highest BCUT2D eigenvalue weighted by molar-refractivity contribution is 4.63. The summed E-state index contributed by atoms with van der Waals surface area (Å²) in [6, 6.07) is 0. The minimum absolute atomic E-state index is 0.708. The lowest BCUT2D eigenvalue weighted by Crippen LogP contribution is -2.07. The second-order valence-electron chi connectivity index (χ2n) is 1.13. The fourth-order valence-electron chi connectivity index (χ4n) is 0.244. The molecule has 0 aliphatic heterocycles. The third-order valence-corrected chi connectivity index (χ3v) is 0.568. The SMILES string of the molecule is C=CCCONC. The highest BCUT2D eigenvalue weighted by atomic mass is 16.6. The van der Waals surface area contributed by atoms with Crippen molar-refractivity contribution in [3.63, 3.8) is 0 Å². The minimum atomic E-state index is 0.708. The summed E-state index contributed by atoms with van der Waals surface area (Å²) < 4.78 is 0. The number of hydrogen-bond donors (Lipinski definition) is 1. The van der Waals surface area contributed by atoms with Crippen LogP contribution in [0, 0.1) is 0 Å². The van der Waals surface area contributed by atoms with Crippen LogP contribution in [-0.4, -0.2) is 13.7 Å². The normalized spacial score (nSPS) is 8.71. The first-order valence-electron chi connectivity index (χ1n) is 2.31. The van der Waals surface area contributed by atoms with Gasteiger partial charge in [-0.3, -0.25) is 0 Å². The zero-order valence-corrected chi connectivity index (χ0v) is 4.61. The van der Waals surface area contributed by atoms with E-state index in [1.165, 1.54) is 0 Å². The van der Waals surface area contributed by atoms with Crippen LogP contribution in [0.2, 0.25) is 0 Å². The third kappa shape index (κ3) is 5.66. The van der Waals surface area contributed by atoms with Crippen molar-refractivity contribution in [1.29, 1.82) is 0 Å². The molecule has 0 unspecified atom stereocenters. The van der Waals surface area contributed by atoms with Crippen LogP contribution in [0.15, 0.2) is 12.7 Å². The molecule has 0 bridgehead atoms. The van der Waals surface area contributed by atoms with Crippen LogP contribution in [0.1, 0.15) is 6.42 Å². The van der Waals surface area contributed by atoms with Crippen LogP contribution < -0.4 is 5.48 Å². The van der Waals surface area contributed by atoms with Crippen LogP contribution in [-0.2, 0) is 4.84 Å². The Bertz CT molecular complexity index is 45.3. The molecule has 0 radical (unpaired) electrons. The molecular weight excluding hydrogens is 90.1 g/mol. The topological polar surface area (TPSA) is 21.3 Å². The monoisotopic (exact) mass is 101 g/mol. The Hall–Kier alpha value is -0.340. The highest BCUT2D eigenvalue weighted by Gasteiger charge is 1.74. The molecule has 0 aromatic rings. The summed E-state index contributed by atoms with van der Waals surface area (Å²) in [6.07, 6.45) is 2.72. The molecule has 2 nitrogen and oxygen atoms in total. The Morgan fingerprint density at radius 3 is 3.00 bits per heavy atom. The first-order chi connectivity index (χ1) is 3.41. The summed E-state index contributed by atoms with van der Waals surface area (Å²) in [5.74, 6) is 0.